The van der Waals surface area contributed by atoms with Crippen LogP contribution in [0.25, 0.3) is 0 Å². The van der Waals surface area contributed by atoms with Crippen LogP contribution in [0.15, 0.2) is 23.1 Å². The van der Waals surface area contributed by atoms with Crippen LogP contribution in [0.3, 0.4) is 0 Å². The Labute approximate surface area is 133 Å². The van der Waals surface area contributed by atoms with Crippen molar-refractivity contribution in [2.45, 2.75) is 24.7 Å². The number of rotatable bonds is 4. The van der Waals surface area contributed by atoms with Gasteiger partial charge in [0.2, 0.25) is 10.0 Å². The minimum Gasteiger partial charge on any atom is -0.481 e. The lowest BCUT2D eigenvalue weighted by Gasteiger charge is -2.23. The second-order valence-electron chi connectivity index (χ2n) is 5.10. The normalized spacial score (nSPS) is 23.4. The second-order valence-corrected chi connectivity index (χ2v) is 7.85. The average molecular weight is 352 g/mol. The number of aliphatic carboxylic acids is 1. The van der Waals surface area contributed by atoms with Crippen LogP contribution in [0, 0.1) is 5.41 Å². The van der Waals surface area contributed by atoms with E-state index in [4.69, 9.17) is 23.2 Å². The molecule has 0 aromatic heterocycles. The van der Waals surface area contributed by atoms with Crippen LogP contribution < -0.4 is 0 Å². The van der Waals surface area contributed by atoms with Crippen molar-refractivity contribution in [3.8, 4) is 0 Å². The third-order valence-corrected chi connectivity index (χ3v) is 6.52. The molecule has 0 radical (unpaired) electrons. The van der Waals surface area contributed by atoms with Crippen molar-refractivity contribution in [2.24, 2.45) is 5.41 Å². The Kier molecular flexibility index (Phi) is 4.54. The van der Waals surface area contributed by atoms with Crippen molar-refractivity contribution >= 4 is 39.2 Å². The van der Waals surface area contributed by atoms with Gasteiger partial charge in [0.05, 0.1) is 10.4 Å². The molecule has 1 unspecified atom stereocenters. The predicted octanol–water partition coefficient (Wildman–Crippen LogP) is 2.87. The molecule has 21 heavy (non-hydrogen) atoms. The zero-order valence-electron chi connectivity index (χ0n) is 11.3. The Morgan fingerprint density at radius 2 is 2.10 bits per heavy atom. The van der Waals surface area contributed by atoms with Gasteiger partial charge in [-0.05, 0) is 31.0 Å². The van der Waals surface area contributed by atoms with Gasteiger partial charge in [0.25, 0.3) is 0 Å². The number of sulfonamides is 1. The van der Waals surface area contributed by atoms with E-state index in [0.717, 1.165) is 0 Å². The molecule has 116 valence electrons. The molecule has 1 heterocycles. The monoisotopic (exact) mass is 351 g/mol. The molecule has 8 heteroatoms. The number of hydrogen-bond donors (Lipinski definition) is 1. The number of carbonyl (C=O) groups is 1. The topological polar surface area (TPSA) is 74.7 Å². The number of benzene rings is 1. The fourth-order valence-electron chi connectivity index (χ4n) is 2.47. The van der Waals surface area contributed by atoms with Crippen LogP contribution in [0.1, 0.15) is 19.8 Å². The number of carboxylic acid groups (broad SMARTS) is 1. The maximum absolute atomic E-state index is 12.6. The first kappa shape index (κ1) is 16.5. The van der Waals surface area contributed by atoms with Gasteiger partial charge >= 0.3 is 5.97 Å². The van der Waals surface area contributed by atoms with Crippen LogP contribution >= 0.6 is 23.2 Å². The van der Waals surface area contributed by atoms with Crippen LogP contribution in [0.4, 0.5) is 0 Å². The van der Waals surface area contributed by atoms with Gasteiger partial charge in [0, 0.05) is 18.1 Å². The molecule has 0 saturated carbocycles. The summed E-state index contributed by atoms with van der Waals surface area (Å²) in [5.74, 6) is -0.972. The zero-order valence-corrected chi connectivity index (χ0v) is 13.7. The summed E-state index contributed by atoms with van der Waals surface area (Å²) in [7, 11) is -3.85. The van der Waals surface area contributed by atoms with Crippen LogP contribution in [0.2, 0.25) is 10.0 Å². The summed E-state index contributed by atoms with van der Waals surface area (Å²) in [5, 5.41) is 9.68. The van der Waals surface area contributed by atoms with Gasteiger partial charge in [-0.25, -0.2) is 8.42 Å². The number of carboxylic acids is 1. The molecule has 1 saturated heterocycles. The van der Waals surface area contributed by atoms with E-state index >= 15 is 0 Å². The minimum atomic E-state index is -3.85. The van der Waals surface area contributed by atoms with Crippen molar-refractivity contribution in [3.05, 3.63) is 28.2 Å². The highest BCUT2D eigenvalue weighted by atomic mass is 35.5. The molecule has 1 fully saturated rings. The average Bonchev–Trinajstić information content (AvgIpc) is 2.88. The summed E-state index contributed by atoms with van der Waals surface area (Å²) in [6, 6.07) is 4.20. The number of nitrogens with zero attached hydrogens (tertiary/aromatic N) is 1. The molecule has 1 aliphatic heterocycles. The molecule has 0 amide bonds. The summed E-state index contributed by atoms with van der Waals surface area (Å²) in [4.78, 5) is 11.3. The molecule has 0 spiro atoms. The van der Waals surface area contributed by atoms with Gasteiger partial charge in [-0.2, -0.15) is 4.31 Å². The standard InChI is InChI=1S/C13H15Cl2NO4S/c1-2-13(12(17)18)5-6-16(8-13)21(19,20)11-7-9(14)3-4-10(11)15/h3-4,7H,2,5-6,8H2,1H3,(H,17,18). The first-order valence-corrected chi connectivity index (χ1v) is 8.61. The summed E-state index contributed by atoms with van der Waals surface area (Å²) in [6.07, 6.45) is 0.661. The van der Waals surface area contributed by atoms with Gasteiger partial charge in [-0.15, -0.1) is 0 Å². The fourth-order valence-corrected chi connectivity index (χ4v) is 4.73. The second kappa shape index (κ2) is 5.76. The lowest BCUT2D eigenvalue weighted by Crippen LogP contribution is -2.36. The van der Waals surface area contributed by atoms with Crippen molar-refractivity contribution in [1.29, 1.82) is 0 Å². The number of halogens is 2. The molecule has 5 nitrogen and oxygen atoms in total. The van der Waals surface area contributed by atoms with Gasteiger partial charge in [0.1, 0.15) is 4.90 Å². The molecular weight excluding hydrogens is 337 g/mol. The van der Waals surface area contributed by atoms with Crippen molar-refractivity contribution in [1.82, 2.24) is 4.31 Å². The highest BCUT2D eigenvalue weighted by Crippen LogP contribution is 2.38. The largest absolute Gasteiger partial charge is 0.481 e. The Balaban J connectivity index is 2.38. The molecule has 0 aliphatic carbocycles. The molecule has 1 aromatic carbocycles. The highest BCUT2D eigenvalue weighted by Gasteiger charge is 2.47. The first-order chi connectivity index (χ1) is 9.73. The molecule has 1 N–H and O–H groups in total. The van der Waals surface area contributed by atoms with Gasteiger partial charge < -0.3 is 5.11 Å². The summed E-state index contributed by atoms with van der Waals surface area (Å²) >= 11 is 11.8. The Bertz CT molecular complexity index is 677. The van der Waals surface area contributed by atoms with E-state index in [-0.39, 0.29) is 34.5 Å². The van der Waals surface area contributed by atoms with Gasteiger partial charge in [-0.1, -0.05) is 30.1 Å². The van der Waals surface area contributed by atoms with E-state index in [1.165, 1.54) is 22.5 Å². The molecule has 1 atom stereocenters. The molecular formula is C13H15Cl2NO4S. The highest BCUT2D eigenvalue weighted by molar-refractivity contribution is 7.89. The molecule has 0 bridgehead atoms. The smallest absolute Gasteiger partial charge is 0.311 e. The third-order valence-electron chi connectivity index (χ3n) is 3.96. The summed E-state index contributed by atoms with van der Waals surface area (Å²) < 4.78 is 26.4. The van der Waals surface area contributed by atoms with Crippen molar-refractivity contribution in [2.75, 3.05) is 13.1 Å². The van der Waals surface area contributed by atoms with Gasteiger partial charge in [-0.3, -0.25) is 4.79 Å². The maximum atomic E-state index is 12.6. The maximum Gasteiger partial charge on any atom is 0.311 e. The first-order valence-electron chi connectivity index (χ1n) is 6.41. The number of hydrogen-bond acceptors (Lipinski definition) is 3. The Hall–Kier alpha value is -0.820. The van der Waals surface area contributed by atoms with Crippen molar-refractivity contribution in [3.63, 3.8) is 0 Å². The van der Waals surface area contributed by atoms with Crippen molar-refractivity contribution < 1.29 is 18.3 Å². The van der Waals surface area contributed by atoms with E-state index in [1.54, 1.807) is 6.92 Å². The Morgan fingerprint density at radius 1 is 1.43 bits per heavy atom. The van der Waals surface area contributed by atoms with Crippen LogP contribution in [-0.2, 0) is 14.8 Å². The zero-order chi connectivity index (χ0) is 15.8. The van der Waals surface area contributed by atoms with E-state index < -0.39 is 21.4 Å². The van der Waals surface area contributed by atoms with E-state index in [1.807, 2.05) is 0 Å². The predicted molar refractivity (Wildman–Crippen MR) is 80.2 cm³/mol. The van der Waals surface area contributed by atoms with Gasteiger partial charge in [0.15, 0.2) is 0 Å². The van der Waals surface area contributed by atoms with E-state index in [2.05, 4.69) is 0 Å². The van der Waals surface area contributed by atoms with E-state index in [0.29, 0.717) is 6.42 Å². The SMILES string of the molecule is CCC1(C(=O)O)CCN(S(=O)(=O)c2cc(Cl)ccc2Cl)C1. The van der Waals surface area contributed by atoms with Crippen LogP contribution in [0.5, 0.6) is 0 Å². The van der Waals surface area contributed by atoms with E-state index in [9.17, 15) is 18.3 Å². The quantitative estimate of drug-likeness (QED) is 0.904. The molecule has 1 aromatic rings. The lowest BCUT2D eigenvalue weighted by molar-refractivity contribution is -0.148. The Morgan fingerprint density at radius 3 is 2.62 bits per heavy atom. The lowest BCUT2D eigenvalue weighted by atomic mass is 9.85. The minimum absolute atomic E-state index is 0.0516. The third kappa shape index (κ3) is 2.90. The molecule has 1 aliphatic rings. The van der Waals surface area contributed by atoms with Crippen LogP contribution in [-0.4, -0.2) is 36.9 Å². The summed E-state index contributed by atoms with van der Waals surface area (Å²) in [5.41, 5.74) is -1.03. The molecule has 2 rings (SSSR count). The summed E-state index contributed by atoms with van der Waals surface area (Å²) in [6.45, 7) is 1.85. The fraction of sp³-hybridized carbons (Fsp3) is 0.462.